The predicted molar refractivity (Wildman–Crippen MR) is 124 cm³/mol. The Morgan fingerprint density at radius 3 is 2.53 bits per heavy atom. The van der Waals surface area contributed by atoms with Gasteiger partial charge in [0, 0.05) is 11.5 Å². The molecule has 0 amide bonds. The Balaban J connectivity index is 1.34. The molecule has 162 valence electrons. The van der Waals surface area contributed by atoms with Gasteiger partial charge in [-0.25, -0.2) is 4.79 Å². The van der Waals surface area contributed by atoms with E-state index in [1.54, 1.807) is 0 Å². The highest BCUT2D eigenvalue weighted by molar-refractivity contribution is 5.83. The summed E-state index contributed by atoms with van der Waals surface area (Å²) in [6, 6.07) is 17.9. The van der Waals surface area contributed by atoms with E-state index in [-0.39, 0.29) is 17.7 Å². The minimum atomic E-state index is -0.409. The van der Waals surface area contributed by atoms with E-state index in [0.717, 1.165) is 40.6 Å². The monoisotopic (exact) mass is 427 g/mol. The lowest BCUT2D eigenvalue weighted by molar-refractivity contribution is 0.196. The molecule has 6 heteroatoms. The molecule has 3 heterocycles. The first-order valence-electron chi connectivity index (χ1n) is 11.2. The molecule has 6 nitrogen and oxygen atoms in total. The topological polar surface area (TPSA) is 65.2 Å². The molecule has 0 bridgehead atoms. The Kier molecular flexibility index (Phi) is 4.20. The number of benzene rings is 2. The van der Waals surface area contributed by atoms with E-state index < -0.39 is 6.10 Å². The molecule has 1 aliphatic carbocycles. The summed E-state index contributed by atoms with van der Waals surface area (Å²) in [5.41, 5.74) is 4.81. The van der Waals surface area contributed by atoms with Crippen LogP contribution in [-0.2, 0) is 0 Å². The van der Waals surface area contributed by atoms with Gasteiger partial charge in [-0.1, -0.05) is 49.8 Å². The maximum Gasteiger partial charge on any atom is 0.344 e. The maximum atomic E-state index is 12.6. The molecule has 2 aromatic carbocycles. The van der Waals surface area contributed by atoms with Crippen molar-refractivity contribution in [1.82, 2.24) is 14.4 Å². The maximum absolute atomic E-state index is 12.6. The third-order valence-corrected chi connectivity index (χ3v) is 6.63. The zero-order chi connectivity index (χ0) is 22.0. The Morgan fingerprint density at radius 1 is 1.03 bits per heavy atom. The lowest BCUT2D eigenvalue weighted by Gasteiger charge is -2.31. The van der Waals surface area contributed by atoms with Crippen LogP contribution in [0.15, 0.2) is 87.1 Å². The molecule has 0 fully saturated rings. The number of aliphatic hydroxyl groups excluding tert-OH is 1. The third kappa shape index (κ3) is 2.79. The van der Waals surface area contributed by atoms with E-state index in [9.17, 15) is 9.90 Å². The molecule has 32 heavy (non-hydrogen) atoms. The van der Waals surface area contributed by atoms with Crippen LogP contribution in [0.3, 0.4) is 0 Å². The van der Waals surface area contributed by atoms with Gasteiger partial charge in [-0.15, -0.1) is 0 Å². The molecule has 0 saturated heterocycles. The van der Waals surface area contributed by atoms with Gasteiger partial charge in [-0.05, 0) is 54.3 Å². The Morgan fingerprint density at radius 2 is 1.78 bits per heavy atom. The number of rotatable bonds is 5. The molecule has 0 spiro atoms. The fourth-order valence-corrected chi connectivity index (χ4v) is 4.96. The van der Waals surface area contributed by atoms with Gasteiger partial charge in [0.15, 0.2) is 0 Å². The molecule has 1 aliphatic heterocycles. The second kappa shape index (κ2) is 7.00. The third-order valence-electron chi connectivity index (χ3n) is 6.63. The number of nitrogens with zero attached hydrogens (tertiary/aromatic N) is 3. The van der Waals surface area contributed by atoms with E-state index in [1.807, 2.05) is 48.5 Å². The Labute approximate surface area is 185 Å². The van der Waals surface area contributed by atoms with Gasteiger partial charge in [-0.2, -0.15) is 14.4 Å². The summed E-state index contributed by atoms with van der Waals surface area (Å²) >= 11 is 0. The largest absolute Gasteiger partial charge is 0.422 e. The Bertz CT molecular complexity index is 1440. The zero-order valence-electron chi connectivity index (χ0n) is 18.1. The van der Waals surface area contributed by atoms with E-state index in [4.69, 9.17) is 4.42 Å². The van der Waals surface area contributed by atoms with Crippen molar-refractivity contribution in [2.45, 2.75) is 44.9 Å². The van der Waals surface area contributed by atoms with Gasteiger partial charge in [0.25, 0.3) is 0 Å². The average Bonchev–Trinajstić information content (AvgIpc) is 3.47. The number of hydrogen-bond acceptors (Lipinski definition) is 3. The van der Waals surface area contributed by atoms with Crippen LogP contribution in [0, 0.1) is 0 Å². The summed E-state index contributed by atoms with van der Waals surface area (Å²) in [5, 5.41) is 11.4. The van der Waals surface area contributed by atoms with Crippen molar-refractivity contribution in [2.75, 3.05) is 0 Å². The fraction of sp³-hybridized carbons (Fsp3) is 0.269. The minimum Gasteiger partial charge on any atom is -0.422 e. The normalized spacial score (nSPS) is 20.3. The molecule has 2 aliphatic rings. The van der Waals surface area contributed by atoms with Gasteiger partial charge >= 0.3 is 5.63 Å². The molecular weight excluding hydrogens is 402 g/mol. The van der Waals surface area contributed by atoms with E-state index in [1.165, 1.54) is 0 Å². The van der Waals surface area contributed by atoms with Crippen molar-refractivity contribution in [3.8, 4) is 16.8 Å². The summed E-state index contributed by atoms with van der Waals surface area (Å²) in [6.07, 6.45) is 5.76. The van der Waals surface area contributed by atoms with Gasteiger partial charge in [0.1, 0.15) is 17.7 Å². The second-order valence-corrected chi connectivity index (χ2v) is 8.72. The van der Waals surface area contributed by atoms with Crippen molar-refractivity contribution >= 4 is 11.0 Å². The lowest BCUT2D eigenvalue weighted by Crippen LogP contribution is -2.30. The van der Waals surface area contributed by atoms with Crippen molar-refractivity contribution < 1.29 is 9.52 Å². The van der Waals surface area contributed by atoms with Gasteiger partial charge < -0.3 is 9.52 Å². The first-order valence-corrected chi connectivity index (χ1v) is 11.2. The number of aromatic nitrogens is 3. The van der Waals surface area contributed by atoms with Crippen LogP contribution in [-0.4, -0.2) is 25.6 Å². The van der Waals surface area contributed by atoms with Gasteiger partial charge in [0.05, 0.1) is 17.4 Å². The van der Waals surface area contributed by atoms with Gasteiger partial charge in [0.2, 0.25) is 0 Å². The molecule has 0 saturated carbocycles. The lowest BCUT2D eigenvalue weighted by atomic mass is 9.87. The van der Waals surface area contributed by atoms with Crippen LogP contribution in [0.1, 0.15) is 38.8 Å². The molecular formula is C26H25N3O3. The van der Waals surface area contributed by atoms with Crippen LogP contribution < -0.4 is 5.63 Å². The quantitative estimate of drug-likeness (QED) is 0.456. The number of hydrogen-bond donors (Lipinski definition) is 1. The highest BCUT2D eigenvalue weighted by Gasteiger charge is 2.48. The molecule has 6 rings (SSSR count). The van der Waals surface area contributed by atoms with Crippen molar-refractivity contribution in [3.05, 3.63) is 88.3 Å². The molecule has 3 unspecified atom stereocenters. The second-order valence-electron chi connectivity index (χ2n) is 8.72. The van der Waals surface area contributed by atoms with E-state index >= 15 is 0 Å². The van der Waals surface area contributed by atoms with Crippen LogP contribution in [0.5, 0.6) is 0 Å². The van der Waals surface area contributed by atoms with Crippen molar-refractivity contribution in [3.63, 3.8) is 0 Å². The highest BCUT2D eigenvalue weighted by atomic mass is 16.4. The number of fused-ring (bicyclic) bond motifs is 5. The number of allylic oxidation sites excluding steroid dienone is 2. The summed E-state index contributed by atoms with van der Waals surface area (Å²) in [6.45, 7) is 4.17. The highest BCUT2D eigenvalue weighted by Crippen LogP contribution is 2.47. The van der Waals surface area contributed by atoms with Gasteiger partial charge in [-0.3, -0.25) is 0 Å². The molecule has 1 N–H and O–H groups in total. The predicted octanol–water partition coefficient (Wildman–Crippen LogP) is 5.00. The standard InChI is InChI=1S/C26H25N3O3/c1-3-7-24(30)20-15-23-22(12-16(20)2)28-27(29(23)28)19-11-10-18-13-21(17-8-5-4-6-9-17)26(31)32-25(18)14-19/h4-6,8-15,22-24,30H,3,7H2,1-2H3. The van der Waals surface area contributed by atoms with E-state index in [2.05, 4.69) is 46.5 Å². The van der Waals surface area contributed by atoms with Crippen LogP contribution in [0.4, 0.5) is 0 Å². The smallest absolute Gasteiger partial charge is 0.344 e. The van der Waals surface area contributed by atoms with Crippen LogP contribution in [0.2, 0.25) is 0 Å². The summed E-state index contributed by atoms with van der Waals surface area (Å²) < 4.78 is 5.69. The Hall–Kier alpha value is -3.51. The summed E-state index contributed by atoms with van der Waals surface area (Å²) in [7, 11) is 0. The summed E-state index contributed by atoms with van der Waals surface area (Å²) in [4.78, 5) is 19.1. The SMILES string of the molecule is CCCC(O)C1=CC2C(C=C1C)n1n(-c3ccc4cc(-c5ccccc5)c(=O)oc4c3)n12. The average molecular weight is 428 g/mol. The molecule has 4 aromatic rings. The first-order chi connectivity index (χ1) is 15.6. The molecule has 3 atom stereocenters. The molecule has 2 aromatic heterocycles. The minimum absolute atomic E-state index is 0.211. The van der Waals surface area contributed by atoms with E-state index in [0.29, 0.717) is 11.1 Å². The summed E-state index contributed by atoms with van der Waals surface area (Å²) in [5.74, 6) is 0. The molecule has 0 radical (unpaired) electrons. The zero-order valence-corrected chi connectivity index (χ0v) is 18.1. The van der Waals surface area contributed by atoms with Crippen molar-refractivity contribution in [2.24, 2.45) is 0 Å². The number of aliphatic hydroxyl groups is 1. The van der Waals surface area contributed by atoms with Crippen molar-refractivity contribution in [1.29, 1.82) is 0 Å². The van der Waals surface area contributed by atoms with Crippen LogP contribution >= 0.6 is 0 Å². The van der Waals surface area contributed by atoms with Crippen LogP contribution in [0.25, 0.3) is 27.8 Å². The fourth-order valence-electron chi connectivity index (χ4n) is 4.96. The first kappa shape index (κ1) is 19.2.